The minimum absolute atomic E-state index is 0.684. The largest absolute Gasteiger partial charge is 0.314 e. The Bertz CT molecular complexity index is 151. The van der Waals surface area contributed by atoms with Crippen molar-refractivity contribution in [1.82, 2.24) is 5.32 Å². The van der Waals surface area contributed by atoms with Gasteiger partial charge in [-0.05, 0) is 32.1 Å². The summed E-state index contributed by atoms with van der Waals surface area (Å²) in [4.78, 5) is 0. The zero-order valence-electron chi connectivity index (χ0n) is 8.40. The third-order valence-corrected chi connectivity index (χ3v) is 2.83. The fourth-order valence-corrected chi connectivity index (χ4v) is 1.85. The molecule has 0 aromatic rings. The van der Waals surface area contributed by atoms with Crippen LogP contribution < -0.4 is 5.32 Å². The summed E-state index contributed by atoms with van der Waals surface area (Å²) in [6, 6.07) is 0.684. The normalized spacial score (nSPS) is 31.7. The molecule has 70 valence electrons. The van der Waals surface area contributed by atoms with Crippen LogP contribution in [0.4, 0.5) is 0 Å². The molecule has 0 bridgehead atoms. The third-order valence-electron chi connectivity index (χ3n) is 2.83. The van der Waals surface area contributed by atoms with E-state index in [2.05, 4.69) is 25.7 Å². The van der Waals surface area contributed by atoms with E-state index >= 15 is 0 Å². The van der Waals surface area contributed by atoms with Gasteiger partial charge in [0.2, 0.25) is 0 Å². The van der Waals surface area contributed by atoms with Gasteiger partial charge < -0.3 is 5.32 Å². The molecule has 1 rings (SSSR count). The van der Waals surface area contributed by atoms with Gasteiger partial charge in [0.1, 0.15) is 0 Å². The summed E-state index contributed by atoms with van der Waals surface area (Å²) >= 11 is 0. The van der Waals surface area contributed by atoms with E-state index in [1.54, 1.807) is 0 Å². The highest BCUT2D eigenvalue weighted by Gasteiger charge is 2.17. The molecule has 1 aliphatic rings. The highest BCUT2D eigenvalue weighted by atomic mass is 14.9. The van der Waals surface area contributed by atoms with Gasteiger partial charge in [0, 0.05) is 12.6 Å². The van der Waals surface area contributed by atoms with Gasteiger partial charge in [-0.1, -0.05) is 25.5 Å². The Morgan fingerprint density at radius 2 is 2.33 bits per heavy atom. The molecule has 0 saturated carbocycles. The van der Waals surface area contributed by atoms with Gasteiger partial charge in [-0.25, -0.2) is 0 Å². The van der Waals surface area contributed by atoms with Gasteiger partial charge in [0.15, 0.2) is 0 Å². The van der Waals surface area contributed by atoms with Crippen LogP contribution in [0.3, 0.4) is 0 Å². The molecule has 2 atom stereocenters. The molecule has 0 amide bonds. The van der Waals surface area contributed by atoms with Gasteiger partial charge in [-0.15, -0.1) is 0 Å². The molecule has 0 radical (unpaired) electrons. The molecule has 0 aromatic carbocycles. The molecule has 0 unspecified atom stereocenters. The van der Waals surface area contributed by atoms with Crippen LogP contribution in [0.25, 0.3) is 0 Å². The van der Waals surface area contributed by atoms with Gasteiger partial charge in [0.25, 0.3) is 0 Å². The molecular formula is C11H21N. The Morgan fingerprint density at radius 1 is 1.58 bits per heavy atom. The van der Waals surface area contributed by atoms with E-state index in [4.69, 9.17) is 0 Å². The topological polar surface area (TPSA) is 12.0 Å². The number of nitrogens with one attached hydrogen (secondary N) is 1. The van der Waals surface area contributed by atoms with Gasteiger partial charge in [-0.3, -0.25) is 0 Å². The Labute approximate surface area is 76.2 Å². The van der Waals surface area contributed by atoms with Crippen LogP contribution in [0.1, 0.15) is 39.5 Å². The second kappa shape index (κ2) is 4.66. The van der Waals surface area contributed by atoms with E-state index in [9.17, 15) is 0 Å². The molecule has 0 aromatic heterocycles. The summed E-state index contributed by atoms with van der Waals surface area (Å²) in [6.45, 7) is 9.83. The van der Waals surface area contributed by atoms with E-state index in [1.807, 2.05) is 0 Å². The van der Waals surface area contributed by atoms with Crippen molar-refractivity contribution in [1.29, 1.82) is 0 Å². The Kier molecular flexibility index (Phi) is 3.80. The van der Waals surface area contributed by atoms with Crippen molar-refractivity contribution in [2.45, 2.75) is 45.6 Å². The average molecular weight is 167 g/mol. The summed E-state index contributed by atoms with van der Waals surface area (Å²) in [5.74, 6) is 0.736. The Morgan fingerprint density at radius 3 is 3.00 bits per heavy atom. The Hall–Kier alpha value is -0.300. The highest BCUT2D eigenvalue weighted by Crippen LogP contribution is 2.23. The van der Waals surface area contributed by atoms with Gasteiger partial charge >= 0.3 is 0 Å². The van der Waals surface area contributed by atoms with E-state index in [0.717, 1.165) is 12.5 Å². The average Bonchev–Trinajstić information content (AvgIpc) is 2.20. The van der Waals surface area contributed by atoms with Crippen LogP contribution in [0.15, 0.2) is 12.2 Å². The quantitative estimate of drug-likeness (QED) is 0.624. The van der Waals surface area contributed by atoms with Crippen molar-refractivity contribution in [2.24, 2.45) is 5.92 Å². The highest BCUT2D eigenvalue weighted by molar-refractivity contribution is 5.04. The number of hydrogen-bond acceptors (Lipinski definition) is 1. The zero-order valence-corrected chi connectivity index (χ0v) is 8.40. The van der Waals surface area contributed by atoms with Crippen molar-refractivity contribution in [3.63, 3.8) is 0 Å². The summed E-state index contributed by atoms with van der Waals surface area (Å²) in [7, 11) is 0. The van der Waals surface area contributed by atoms with Crippen molar-refractivity contribution in [2.75, 3.05) is 6.54 Å². The lowest BCUT2D eigenvalue weighted by Gasteiger charge is -2.15. The van der Waals surface area contributed by atoms with Crippen LogP contribution >= 0.6 is 0 Å². The maximum atomic E-state index is 4.17. The van der Waals surface area contributed by atoms with E-state index < -0.39 is 0 Å². The summed E-state index contributed by atoms with van der Waals surface area (Å²) < 4.78 is 0. The fourth-order valence-electron chi connectivity index (χ4n) is 1.85. The maximum absolute atomic E-state index is 4.17. The fraction of sp³-hybridized carbons (Fsp3) is 0.818. The molecule has 0 spiro atoms. The molecule has 1 fully saturated rings. The van der Waals surface area contributed by atoms with E-state index in [1.165, 1.54) is 31.3 Å². The first-order chi connectivity index (χ1) is 5.74. The molecule has 0 aliphatic carbocycles. The van der Waals surface area contributed by atoms with Crippen LogP contribution in [0.2, 0.25) is 0 Å². The lowest BCUT2D eigenvalue weighted by Crippen LogP contribution is -2.28. The van der Waals surface area contributed by atoms with Crippen LogP contribution in [0, 0.1) is 5.92 Å². The standard InChI is InChI=1S/C11H21N/c1-4-5-11-8-12-10(3)7-6-9(11)2/h10-12H,2,4-8H2,1,3H3/t10-,11+/m0/s1. The summed E-state index contributed by atoms with van der Waals surface area (Å²) in [6.07, 6.45) is 5.07. The van der Waals surface area contributed by atoms with Crippen LogP contribution in [-0.4, -0.2) is 12.6 Å². The van der Waals surface area contributed by atoms with Crippen LogP contribution in [-0.2, 0) is 0 Å². The van der Waals surface area contributed by atoms with Crippen LogP contribution in [0.5, 0.6) is 0 Å². The smallest absolute Gasteiger partial charge is 0.00420 e. The first-order valence-corrected chi connectivity index (χ1v) is 5.15. The monoisotopic (exact) mass is 167 g/mol. The zero-order chi connectivity index (χ0) is 8.97. The molecule has 1 N–H and O–H groups in total. The lowest BCUT2D eigenvalue weighted by molar-refractivity contribution is 0.484. The molecule has 1 heterocycles. The number of rotatable bonds is 2. The SMILES string of the molecule is C=C1CC[C@H](C)NC[C@H]1CCC. The minimum atomic E-state index is 0.684. The van der Waals surface area contributed by atoms with Gasteiger partial charge in [-0.2, -0.15) is 0 Å². The summed E-state index contributed by atoms with van der Waals surface area (Å²) in [5, 5.41) is 3.55. The number of hydrogen-bond donors (Lipinski definition) is 1. The van der Waals surface area contributed by atoms with Crippen molar-refractivity contribution in [3.05, 3.63) is 12.2 Å². The van der Waals surface area contributed by atoms with E-state index in [-0.39, 0.29) is 0 Å². The first kappa shape index (κ1) is 9.79. The van der Waals surface area contributed by atoms with Gasteiger partial charge in [0.05, 0.1) is 0 Å². The first-order valence-electron chi connectivity index (χ1n) is 5.15. The molecular weight excluding hydrogens is 146 g/mol. The van der Waals surface area contributed by atoms with Crippen molar-refractivity contribution in [3.8, 4) is 0 Å². The second-order valence-corrected chi connectivity index (χ2v) is 3.99. The summed E-state index contributed by atoms with van der Waals surface area (Å²) in [5.41, 5.74) is 1.47. The van der Waals surface area contributed by atoms with E-state index in [0.29, 0.717) is 6.04 Å². The maximum Gasteiger partial charge on any atom is 0.00420 e. The predicted molar refractivity (Wildman–Crippen MR) is 54.2 cm³/mol. The third kappa shape index (κ3) is 2.63. The molecule has 1 aliphatic heterocycles. The predicted octanol–water partition coefficient (Wildman–Crippen LogP) is 2.73. The van der Waals surface area contributed by atoms with Crippen molar-refractivity contribution < 1.29 is 0 Å². The molecule has 1 nitrogen and oxygen atoms in total. The molecule has 1 saturated heterocycles. The molecule has 1 heteroatoms. The van der Waals surface area contributed by atoms with Crippen molar-refractivity contribution >= 4 is 0 Å². The minimum Gasteiger partial charge on any atom is -0.314 e. The second-order valence-electron chi connectivity index (χ2n) is 3.99. The Balaban J connectivity index is 2.44. The molecule has 12 heavy (non-hydrogen) atoms. The lowest BCUT2D eigenvalue weighted by atomic mass is 9.93.